The molecule has 0 saturated carbocycles. The second-order valence-electron chi connectivity index (χ2n) is 6.11. The van der Waals surface area contributed by atoms with E-state index in [0.29, 0.717) is 0 Å². The largest absolute Gasteiger partial charge is 0.468 e. The zero-order chi connectivity index (χ0) is 18.1. The number of carbonyl (C=O) groups excluding carboxylic acids is 2. The van der Waals surface area contributed by atoms with Crippen molar-refractivity contribution in [3.63, 3.8) is 0 Å². The van der Waals surface area contributed by atoms with Gasteiger partial charge in [-0.15, -0.1) is 11.8 Å². The molecule has 25 heavy (non-hydrogen) atoms. The van der Waals surface area contributed by atoms with Crippen LogP contribution >= 0.6 is 11.8 Å². The molecule has 0 bridgehead atoms. The van der Waals surface area contributed by atoms with Crippen LogP contribution in [-0.2, 0) is 19.1 Å². The van der Waals surface area contributed by atoms with Gasteiger partial charge in [0.05, 0.1) is 13.7 Å². The van der Waals surface area contributed by atoms with Crippen LogP contribution in [0.4, 0.5) is 0 Å². The van der Waals surface area contributed by atoms with Gasteiger partial charge in [-0.3, -0.25) is 9.59 Å². The van der Waals surface area contributed by atoms with E-state index in [1.165, 1.54) is 20.0 Å². The second-order valence-corrected chi connectivity index (χ2v) is 7.37. The maximum absolute atomic E-state index is 12.1. The van der Waals surface area contributed by atoms with Gasteiger partial charge in [-0.1, -0.05) is 50.1 Å². The maximum Gasteiger partial charge on any atom is 0.320 e. The van der Waals surface area contributed by atoms with E-state index >= 15 is 0 Å². The number of benzene rings is 1. The van der Waals surface area contributed by atoms with Gasteiger partial charge in [0.2, 0.25) is 0 Å². The standard InChI is InChI=1S/C20H26O4S/c1-3-4-5-6-10-13-17(25-15-11-8-7-9-12-15)16-14-24-20(22)18(16)19(21)23-2/h7-13,16-18H,3-6,14H2,1-2H3. The SMILES string of the molecule is CCCCCC=CC(Sc1ccccc1)C1COC(=O)C1C(=O)OC. The molecule has 3 unspecified atom stereocenters. The maximum atomic E-state index is 12.1. The van der Waals surface area contributed by atoms with Gasteiger partial charge in [0.25, 0.3) is 0 Å². The number of methoxy groups -OCH3 is 1. The summed E-state index contributed by atoms with van der Waals surface area (Å²) in [6.07, 6.45) is 8.83. The lowest BCUT2D eigenvalue weighted by atomic mass is 9.91. The Balaban J connectivity index is 2.14. The molecule has 0 spiro atoms. The van der Waals surface area contributed by atoms with E-state index < -0.39 is 17.9 Å². The Morgan fingerprint density at radius 3 is 2.80 bits per heavy atom. The Labute approximate surface area is 154 Å². The topological polar surface area (TPSA) is 52.6 Å². The van der Waals surface area contributed by atoms with Crippen LogP contribution in [0.15, 0.2) is 47.4 Å². The minimum atomic E-state index is -0.841. The second kappa shape index (κ2) is 10.3. The summed E-state index contributed by atoms with van der Waals surface area (Å²) in [5.41, 5.74) is 0. The van der Waals surface area contributed by atoms with E-state index in [1.807, 2.05) is 30.3 Å². The lowest BCUT2D eigenvalue weighted by Crippen LogP contribution is -2.32. The van der Waals surface area contributed by atoms with Crippen LogP contribution in [0.25, 0.3) is 0 Å². The zero-order valence-electron chi connectivity index (χ0n) is 14.9. The summed E-state index contributed by atoms with van der Waals surface area (Å²) in [4.78, 5) is 25.2. The third kappa shape index (κ3) is 5.63. The van der Waals surface area contributed by atoms with Crippen LogP contribution in [-0.4, -0.2) is 30.9 Å². The first-order valence-corrected chi connectivity index (χ1v) is 9.68. The molecule has 0 aromatic heterocycles. The summed E-state index contributed by atoms with van der Waals surface area (Å²) >= 11 is 1.66. The van der Waals surface area contributed by atoms with Gasteiger partial charge in [-0.25, -0.2) is 0 Å². The van der Waals surface area contributed by atoms with Gasteiger partial charge in [-0.2, -0.15) is 0 Å². The minimum Gasteiger partial charge on any atom is -0.468 e. The summed E-state index contributed by atoms with van der Waals surface area (Å²) in [6.45, 7) is 2.43. The molecule has 0 amide bonds. The van der Waals surface area contributed by atoms with E-state index in [9.17, 15) is 9.59 Å². The molecule has 0 radical (unpaired) electrons. The van der Waals surface area contributed by atoms with Crippen molar-refractivity contribution in [3.05, 3.63) is 42.5 Å². The number of carbonyl (C=O) groups is 2. The fourth-order valence-electron chi connectivity index (χ4n) is 2.89. The highest BCUT2D eigenvalue weighted by Crippen LogP contribution is 2.37. The number of thioether (sulfide) groups is 1. The van der Waals surface area contributed by atoms with Crippen LogP contribution in [0.3, 0.4) is 0 Å². The fraction of sp³-hybridized carbons (Fsp3) is 0.500. The normalized spacial score (nSPS) is 21.3. The summed E-state index contributed by atoms with van der Waals surface area (Å²) in [6, 6.07) is 10.0. The molecule has 1 aliphatic heterocycles. The molecule has 1 aromatic rings. The molecule has 2 rings (SSSR count). The Hall–Kier alpha value is -1.75. The lowest BCUT2D eigenvalue weighted by molar-refractivity contribution is -0.154. The number of ether oxygens (including phenoxy) is 2. The average Bonchev–Trinajstić information content (AvgIpc) is 3.02. The summed E-state index contributed by atoms with van der Waals surface area (Å²) in [5, 5.41) is -0.0143. The smallest absolute Gasteiger partial charge is 0.320 e. The van der Waals surface area contributed by atoms with Crippen molar-refractivity contribution in [2.75, 3.05) is 13.7 Å². The monoisotopic (exact) mass is 362 g/mol. The Morgan fingerprint density at radius 2 is 2.12 bits per heavy atom. The molecule has 1 aliphatic rings. The van der Waals surface area contributed by atoms with Gasteiger partial charge in [0.15, 0.2) is 5.92 Å². The Morgan fingerprint density at radius 1 is 1.36 bits per heavy atom. The fourth-order valence-corrected chi connectivity index (χ4v) is 4.12. The van der Waals surface area contributed by atoms with Crippen LogP contribution in [0, 0.1) is 11.8 Å². The molecule has 5 heteroatoms. The number of hydrogen-bond donors (Lipinski definition) is 0. The highest BCUT2D eigenvalue weighted by molar-refractivity contribution is 8.00. The molecular formula is C20H26O4S. The van der Waals surface area contributed by atoms with Crippen molar-refractivity contribution < 1.29 is 19.1 Å². The van der Waals surface area contributed by atoms with Crippen molar-refractivity contribution in [2.24, 2.45) is 11.8 Å². The number of esters is 2. The van der Waals surface area contributed by atoms with Gasteiger partial charge < -0.3 is 9.47 Å². The van der Waals surface area contributed by atoms with Crippen LogP contribution in [0.2, 0.25) is 0 Å². The Bertz CT molecular complexity index is 585. The van der Waals surface area contributed by atoms with Crippen LogP contribution in [0.5, 0.6) is 0 Å². The average molecular weight is 362 g/mol. The molecule has 3 atom stereocenters. The van der Waals surface area contributed by atoms with Crippen molar-refractivity contribution >= 4 is 23.7 Å². The van der Waals surface area contributed by atoms with Crippen LogP contribution in [0.1, 0.15) is 32.6 Å². The molecule has 136 valence electrons. The lowest BCUT2D eigenvalue weighted by Gasteiger charge is -2.21. The molecule has 1 fully saturated rings. The molecule has 4 nitrogen and oxygen atoms in total. The predicted molar refractivity (Wildman–Crippen MR) is 99.3 cm³/mol. The van der Waals surface area contributed by atoms with Crippen molar-refractivity contribution in [1.29, 1.82) is 0 Å². The van der Waals surface area contributed by atoms with Crippen LogP contribution < -0.4 is 0 Å². The number of hydrogen-bond acceptors (Lipinski definition) is 5. The highest BCUT2D eigenvalue weighted by atomic mass is 32.2. The number of allylic oxidation sites excluding steroid dienone is 1. The molecule has 1 aromatic carbocycles. The van der Waals surface area contributed by atoms with Gasteiger partial charge in [-0.05, 0) is 25.0 Å². The Kier molecular flexibility index (Phi) is 8.06. The third-order valence-corrected chi connectivity index (χ3v) is 5.62. The van der Waals surface area contributed by atoms with Gasteiger partial charge in [0.1, 0.15) is 0 Å². The first-order valence-electron chi connectivity index (χ1n) is 8.80. The zero-order valence-corrected chi connectivity index (χ0v) is 15.7. The first kappa shape index (κ1) is 19.6. The molecular weight excluding hydrogens is 336 g/mol. The van der Waals surface area contributed by atoms with E-state index in [2.05, 4.69) is 19.1 Å². The van der Waals surface area contributed by atoms with Crippen molar-refractivity contribution in [3.8, 4) is 0 Å². The molecule has 0 aliphatic carbocycles. The highest BCUT2D eigenvalue weighted by Gasteiger charge is 2.46. The van der Waals surface area contributed by atoms with Gasteiger partial charge >= 0.3 is 11.9 Å². The van der Waals surface area contributed by atoms with E-state index in [-0.39, 0.29) is 17.8 Å². The van der Waals surface area contributed by atoms with E-state index in [4.69, 9.17) is 9.47 Å². The third-order valence-electron chi connectivity index (χ3n) is 4.29. The first-order chi connectivity index (χ1) is 12.2. The van der Waals surface area contributed by atoms with E-state index in [0.717, 1.165) is 17.7 Å². The summed E-state index contributed by atoms with van der Waals surface area (Å²) < 4.78 is 10.00. The van der Waals surface area contributed by atoms with Crippen molar-refractivity contribution in [2.45, 2.75) is 42.8 Å². The molecule has 1 heterocycles. The van der Waals surface area contributed by atoms with E-state index in [1.54, 1.807) is 11.8 Å². The quantitative estimate of drug-likeness (QED) is 0.216. The number of unbranched alkanes of at least 4 members (excludes halogenated alkanes) is 3. The van der Waals surface area contributed by atoms with Crippen molar-refractivity contribution in [1.82, 2.24) is 0 Å². The minimum absolute atomic E-state index is 0.0143. The van der Waals surface area contributed by atoms with Gasteiger partial charge in [0, 0.05) is 16.1 Å². The molecule has 1 saturated heterocycles. The summed E-state index contributed by atoms with van der Waals surface area (Å²) in [7, 11) is 1.31. The summed E-state index contributed by atoms with van der Waals surface area (Å²) in [5.74, 6) is -2.04. The number of cyclic esters (lactones) is 1. The predicted octanol–water partition coefficient (Wildman–Crippen LogP) is 4.25. The number of rotatable bonds is 9. The molecule has 0 N–H and O–H groups in total.